The smallest absolute Gasteiger partial charge is 0.131 e. The van der Waals surface area contributed by atoms with Gasteiger partial charge in [-0.1, -0.05) is 18.2 Å². The lowest BCUT2D eigenvalue weighted by Gasteiger charge is -2.09. The van der Waals surface area contributed by atoms with E-state index in [0.29, 0.717) is 15.2 Å². The van der Waals surface area contributed by atoms with Crippen LogP contribution in [0.4, 0.5) is 0 Å². The van der Waals surface area contributed by atoms with E-state index < -0.39 is 6.10 Å². The highest BCUT2D eigenvalue weighted by Crippen LogP contribution is 2.27. The fourth-order valence-electron chi connectivity index (χ4n) is 0.853. The molecule has 0 saturated carbocycles. The number of aromatic nitrogens is 1. The fraction of sp³-hybridized carbons (Fsp3) is 0.111. The molecule has 0 bridgehead atoms. The van der Waals surface area contributed by atoms with Crippen molar-refractivity contribution in [2.24, 2.45) is 0 Å². The van der Waals surface area contributed by atoms with Crippen LogP contribution in [0.5, 0.6) is 0 Å². The molecule has 5 heteroatoms. The van der Waals surface area contributed by atoms with Gasteiger partial charge in [-0.05, 0) is 22.0 Å². The molecule has 1 rings (SSSR count). The molecule has 1 aromatic rings. The minimum Gasteiger partial charge on any atom is -0.381 e. The maximum Gasteiger partial charge on any atom is 0.131 e. The summed E-state index contributed by atoms with van der Waals surface area (Å²) in [5.74, 6) is 0. The van der Waals surface area contributed by atoms with Crippen molar-refractivity contribution in [2.45, 2.75) is 6.10 Å². The zero-order valence-electron chi connectivity index (χ0n) is 7.04. The first-order valence-electron chi connectivity index (χ1n) is 3.64. The van der Waals surface area contributed by atoms with Crippen molar-refractivity contribution in [1.82, 2.24) is 4.98 Å². The number of rotatable bonds is 2. The predicted octanol–water partition coefficient (Wildman–Crippen LogP) is 2.61. The summed E-state index contributed by atoms with van der Waals surface area (Å²) >= 11 is 8.86. The van der Waals surface area contributed by atoms with Gasteiger partial charge in [0.05, 0.1) is 22.4 Å². The second-order valence-corrected chi connectivity index (χ2v) is 3.85. The van der Waals surface area contributed by atoms with Gasteiger partial charge in [0.2, 0.25) is 0 Å². The van der Waals surface area contributed by atoms with E-state index in [1.54, 1.807) is 12.1 Å². The predicted molar refractivity (Wildman–Crippen MR) is 56.7 cm³/mol. The minimum absolute atomic E-state index is 0.0422. The van der Waals surface area contributed by atoms with E-state index in [9.17, 15) is 5.11 Å². The second kappa shape index (κ2) is 4.56. The van der Waals surface area contributed by atoms with Gasteiger partial charge in [0.25, 0.3) is 0 Å². The molecule has 3 nitrogen and oxygen atoms in total. The molecule has 0 saturated heterocycles. The van der Waals surface area contributed by atoms with E-state index in [0.717, 1.165) is 0 Å². The number of halogens is 2. The van der Waals surface area contributed by atoms with Crippen molar-refractivity contribution >= 4 is 27.5 Å². The molecule has 0 amide bonds. The van der Waals surface area contributed by atoms with Crippen molar-refractivity contribution in [3.8, 4) is 6.07 Å². The largest absolute Gasteiger partial charge is 0.381 e. The van der Waals surface area contributed by atoms with Crippen molar-refractivity contribution in [2.75, 3.05) is 0 Å². The molecule has 1 atom stereocenters. The van der Waals surface area contributed by atoms with Crippen LogP contribution in [-0.4, -0.2) is 10.1 Å². The van der Waals surface area contributed by atoms with Gasteiger partial charge in [-0.25, -0.2) is 0 Å². The Labute approximate surface area is 94.8 Å². The number of pyridine rings is 1. The third-order valence-electron chi connectivity index (χ3n) is 1.57. The lowest BCUT2D eigenvalue weighted by Crippen LogP contribution is -2.02. The molecular formula is C9H6BrClN2O. The summed E-state index contributed by atoms with van der Waals surface area (Å²) in [6, 6.07) is 3.36. The summed E-state index contributed by atoms with van der Waals surface area (Å²) in [5.41, 5.74) is 0.376. The van der Waals surface area contributed by atoms with Crippen LogP contribution in [0.3, 0.4) is 0 Å². The summed E-state index contributed by atoms with van der Waals surface area (Å²) in [4.78, 5) is 3.91. The second-order valence-electron chi connectivity index (χ2n) is 2.56. The maximum atomic E-state index is 9.60. The van der Waals surface area contributed by atoms with Crippen LogP contribution in [0.2, 0.25) is 5.02 Å². The molecule has 0 aliphatic rings. The Balaban J connectivity index is 3.09. The monoisotopic (exact) mass is 272 g/mol. The van der Waals surface area contributed by atoms with Crippen molar-refractivity contribution in [1.29, 1.82) is 5.26 Å². The van der Waals surface area contributed by atoms with Gasteiger partial charge in [-0.15, -0.1) is 0 Å². The highest BCUT2D eigenvalue weighted by atomic mass is 79.9. The van der Waals surface area contributed by atoms with Crippen molar-refractivity contribution < 1.29 is 5.11 Å². The van der Waals surface area contributed by atoms with E-state index in [1.807, 2.05) is 0 Å². The fourth-order valence-corrected chi connectivity index (χ4v) is 1.71. The lowest BCUT2D eigenvalue weighted by atomic mass is 10.1. The van der Waals surface area contributed by atoms with Crippen molar-refractivity contribution in [3.05, 3.63) is 39.6 Å². The Morgan fingerprint density at radius 2 is 2.43 bits per heavy atom. The van der Waals surface area contributed by atoms with E-state index in [4.69, 9.17) is 16.9 Å². The van der Waals surface area contributed by atoms with E-state index >= 15 is 0 Å². The Morgan fingerprint density at radius 1 is 1.79 bits per heavy atom. The van der Waals surface area contributed by atoms with Crippen LogP contribution in [0, 0.1) is 11.3 Å². The Morgan fingerprint density at radius 3 is 2.93 bits per heavy atom. The molecule has 0 aliphatic heterocycles. The Bertz CT molecular complexity index is 414. The molecular weight excluding hydrogens is 267 g/mol. The number of aliphatic hydroxyl groups is 1. The quantitative estimate of drug-likeness (QED) is 0.843. The molecule has 72 valence electrons. The van der Waals surface area contributed by atoms with Crippen molar-refractivity contribution in [3.63, 3.8) is 0 Å². The number of aliphatic hydroxyl groups excluding tert-OH is 1. The van der Waals surface area contributed by atoms with Gasteiger partial charge in [0.1, 0.15) is 6.10 Å². The number of hydrogen-bond acceptors (Lipinski definition) is 3. The molecule has 1 N–H and O–H groups in total. The molecule has 0 aliphatic carbocycles. The Kier molecular flexibility index (Phi) is 3.64. The zero-order chi connectivity index (χ0) is 10.7. The highest BCUT2D eigenvalue weighted by Gasteiger charge is 2.16. The first-order valence-corrected chi connectivity index (χ1v) is 4.81. The molecule has 0 radical (unpaired) electrons. The van der Waals surface area contributed by atoms with E-state index in [1.165, 1.54) is 6.20 Å². The molecule has 0 aromatic carbocycles. The van der Waals surface area contributed by atoms with E-state index in [-0.39, 0.29) is 5.57 Å². The summed E-state index contributed by atoms with van der Waals surface area (Å²) < 4.78 is 0.550. The Hall–Kier alpha value is -0.890. The van der Waals surface area contributed by atoms with Gasteiger partial charge in [-0.3, -0.25) is 4.98 Å². The van der Waals surface area contributed by atoms with Crippen LogP contribution >= 0.6 is 27.5 Å². The van der Waals surface area contributed by atoms with Crippen LogP contribution in [-0.2, 0) is 0 Å². The van der Waals surface area contributed by atoms with Crippen LogP contribution in [0.1, 0.15) is 11.8 Å². The van der Waals surface area contributed by atoms with Crippen LogP contribution < -0.4 is 0 Å². The molecule has 1 aromatic heterocycles. The maximum absolute atomic E-state index is 9.60. The van der Waals surface area contributed by atoms with Gasteiger partial charge < -0.3 is 5.11 Å². The summed E-state index contributed by atoms with van der Waals surface area (Å²) in [7, 11) is 0. The highest BCUT2D eigenvalue weighted by molar-refractivity contribution is 9.10. The summed E-state index contributed by atoms with van der Waals surface area (Å²) in [6.45, 7) is 3.41. The summed E-state index contributed by atoms with van der Waals surface area (Å²) in [6.07, 6.45) is 0.307. The third-order valence-corrected chi connectivity index (χ3v) is 2.41. The zero-order valence-corrected chi connectivity index (χ0v) is 9.38. The first-order chi connectivity index (χ1) is 6.56. The molecule has 1 unspecified atom stereocenters. The number of hydrogen-bond donors (Lipinski definition) is 1. The molecule has 0 spiro atoms. The minimum atomic E-state index is -1.09. The van der Waals surface area contributed by atoms with Crippen LogP contribution in [0.25, 0.3) is 0 Å². The van der Waals surface area contributed by atoms with Crippen LogP contribution in [0.15, 0.2) is 28.9 Å². The van der Waals surface area contributed by atoms with Gasteiger partial charge in [-0.2, -0.15) is 5.26 Å². The molecule has 14 heavy (non-hydrogen) atoms. The normalized spacial score (nSPS) is 11.9. The topological polar surface area (TPSA) is 56.9 Å². The average Bonchev–Trinajstić information content (AvgIpc) is 2.15. The standard InChI is InChI=1S/C9H6BrClN2O/c1-5(3-12)9(14)8-7(10)2-6(11)4-13-8/h2,4,9,14H,1H2. The van der Waals surface area contributed by atoms with Gasteiger partial charge in [0, 0.05) is 10.7 Å². The number of nitriles is 1. The first kappa shape index (κ1) is 11.2. The molecule has 1 heterocycles. The summed E-state index contributed by atoms with van der Waals surface area (Å²) in [5, 5.41) is 18.6. The van der Waals surface area contributed by atoms with Gasteiger partial charge >= 0.3 is 0 Å². The lowest BCUT2D eigenvalue weighted by molar-refractivity contribution is 0.215. The number of nitrogens with zero attached hydrogens (tertiary/aromatic N) is 2. The molecule has 0 fully saturated rings. The van der Waals surface area contributed by atoms with Gasteiger partial charge in [0.15, 0.2) is 0 Å². The SMILES string of the molecule is C=C(C#N)C(O)c1ncc(Cl)cc1Br. The third kappa shape index (κ3) is 2.32. The van der Waals surface area contributed by atoms with E-state index in [2.05, 4.69) is 27.5 Å². The average molecular weight is 274 g/mol.